The van der Waals surface area contributed by atoms with Crippen molar-refractivity contribution in [2.75, 3.05) is 11.9 Å². The molecule has 0 unspecified atom stereocenters. The highest BCUT2D eigenvalue weighted by molar-refractivity contribution is 9.10. The fourth-order valence-electron chi connectivity index (χ4n) is 1.70. The molecule has 0 amide bonds. The van der Waals surface area contributed by atoms with Crippen molar-refractivity contribution < 1.29 is 0 Å². The standard InChI is InChI=1S/C13H14Br2N2S/c1-17(7-12-4-10(14)8-18-12)11-3-2-9(6-16)13(15)5-11/h2-5,8H,6-7,16H2,1H3. The third-order valence-electron chi connectivity index (χ3n) is 2.71. The molecule has 0 saturated heterocycles. The van der Waals surface area contributed by atoms with Crippen molar-refractivity contribution in [2.24, 2.45) is 5.73 Å². The number of nitrogens with zero attached hydrogens (tertiary/aromatic N) is 1. The number of thiophene rings is 1. The molecule has 1 aromatic carbocycles. The molecular formula is C13H14Br2N2S. The lowest BCUT2D eigenvalue weighted by molar-refractivity contribution is 0.936. The molecule has 0 spiro atoms. The van der Waals surface area contributed by atoms with Gasteiger partial charge in [0.25, 0.3) is 0 Å². The Morgan fingerprint density at radius 1 is 1.28 bits per heavy atom. The summed E-state index contributed by atoms with van der Waals surface area (Å²) >= 11 is 8.80. The first kappa shape index (κ1) is 14.1. The Hall–Kier alpha value is -0.360. The van der Waals surface area contributed by atoms with E-state index < -0.39 is 0 Å². The third kappa shape index (κ3) is 3.35. The Balaban J connectivity index is 2.13. The van der Waals surface area contributed by atoms with Crippen LogP contribution < -0.4 is 10.6 Å². The smallest absolute Gasteiger partial charge is 0.0519 e. The van der Waals surface area contributed by atoms with Crippen LogP contribution in [0, 0.1) is 0 Å². The summed E-state index contributed by atoms with van der Waals surface area (Å²) in [5, 5.41) is 2.11. The van der Waals surface area contributed by atoms with Gasteiger partial charge in [-0.3, -0.25) is 0 Å². The van der Waals surface area contributed by atoms with E-state index in [0.29, 0.717) is 6.54 Å². The van der Waals surface area contributed by atoms with Crippen LogP contribution in [0.15, 0.2) is 38.6 Å². The summed E-state index contributed by atoms with van der Waals surface area (Å²) in [7, 11) is 2.09. The Kier molecular flexibility index (Phi) is 4.84. The lowest BCUT2D eigenvalue weighted by atomic mass is 10.2. The van der Waals surface area contributed by atoms with E-state index in [9.17, 15) is 0 Å². The number of nitrogens with two attached hydrogens (primary N) is 1. The summed E-state index contributed by atoms with van der Waals surface area (Å²) < 4.78 is 2.22. The number of anilines is 1. The molecule has 1 aromatic heterocycles. The van der Waals surface area contributed by atoms with Crippen LogP contribution in [0.2, 0.25) is 0 Å². The Labute approximate surface area is 128 Å². The molecule has 2 aromatic rings. The monoisotopic (exact) mass is 388 g/mol. The van der Waals surface area contributed by atoms with Crippen molar-refractivity contribution in [1.82, 2.24) is 0 Å². The van der Waals surface area contributed by atoms with E-state index in [-0.39, 0.29) is 0 Å². The van der Waals surface area contributed by atoms with Crippen LogP contribution in [0.3, 0.4) is 0 Å². The molecule has 5 heteroatoms. The molecule has 2 nitrogen and oxygen atoms in total. The second-order valence-electron chi connectivity index (χ2n) is 4.07. The quantitative estimate of drug-likeness (QED) is 0.841. The number of hydrogen-bond acceptors (Lipinski definition) is 3. The van der Waals surface area contributed by atoms with Gasteiger partial charge in [0.15, 0.2) is 0 Å². The second kappa shape index (κ2) is 6.19. The average molecular weight is 390 g/mol. The van der Waals surface area contributed by atoms with E-state index in [2.05, 4.69) is 73.5 Å². The minimum absolute atomic E-state index is 0.558. The second-order valence-corrected chi connectivity index (χ2v) is 6.83. The molecule has 0 atom stereocenters. The summed E-state index contributed by atoms with van der Waals surface area (Å²) in [5.74, 6) is 0. The van der Waals surface area contributed by atoms with Gasteiger partial charge in [0, 0.05) is 38.5 Å². The van der Waals surface area contributed by atoms with Gasteiger partial charge in [-0.15, -0.1) is 11.3 Å². The van der Waals surface area contributed by atoms with Gasteiger partial charge in [0.2, 0.25) is 0 Å². The van der Waals surface area contributed by atoms with Gasteiger partial charge in [-0.05, 0) is 39.7 Å². The fourth-order valence-corrected chi connectivity index (χ4v) is 3.73. The predicted octanol–water partition coefficient (Wildman–Crippen LogP) is 4.37. The van der Waals surface area contributed by atoms with E-state index in [0.717, 1.165) is 21.1 Å². The van der Waals surface area contributed by atoms with Crippen LogP contribution in [0.25, 0.3) is 0 Å². The normalized spacial score (nSPS) is 10.7. The van der Waals surface area contributed by atoms with E-state index in [1.807, 2.05) is 0 Å². The predicted molar refractivity (Wildman–Crippen MR) is 86.2 cm³/mol. The van der Waals surface area contributed by atoms with Crippen LogP contribution in [0.1, 0.15) is 10.4 Å². The lowest BCUT2D eigenvalue weighted by Gasteiger charge is -2.19. The molecule has 0 aliphatic rings. The van der Waals surface area contributed by atoms with E-state index >= 15 is 0 Å². The van der Waals surface area contributed by atoms with Crippen molar-refractivity contribution in [3.8, 4) is 0 Å². The molecule has 0 aliphatic carbocycles. The fraction of sp³-hybridized carbons (Fsp3) is 0.231. The van der Waals surface area contributed by atoms with Crippen LogP contribution >= 0.6 is 43.2 Å². The van der Waals surface area contributed by atoms with Gasteiger partial charge in [-0.25, -0.2) is 0 Å². The van der Waals surface area contributed by atoms with Gasteiger partial charge in [-0.2, -0.15) is 0 Å². The van der Waals surface area contributed by atoms with Crippen molar-refractivity contribution in [2.45, 2.75) is 13.1 Å². The van der Waals surface area contributed by atoms with Gasteiger partial charge < -0.3 is 10.6 Å². The topological polar surface area (TPSA) is 29.3 Å². The van der Waals surface area contributed by atoms with Crippen LogP contribution in [0.4, 0.5) is 5.69 Å². The van der Waals surface area contributed by atoms with Gasteiger partial charge >= 0.3 is 0 Å². The Morgan fingerprint density at radius 3 is 2.61 bits per heavy atom. The molecule has 0 fully saturated rings. The van der Waals surface area contributed by atoms with E-state index in [1.165, 1.54) is 10.6 Å². The number of halogens is 2. The molecule has 2 N–H and O–H groups in total. The molecule has 96 valence electrons. The zero-order valence-electron chi connectivity index (χ0n) is 9.99. The Morgan fingerprint density at radius 2 is 2.06 bits per heavy atom. The molecule has 0 bridgehead atoms. The molecule has 0 aliphatic heterocycles. The average Bonchev–Trinajstić information content (AvgIpc) is 2.74. The maximum Gasteiger partial charge on any atom is 0.0519 e. The number of rotatable bonds is 4. The summed E-state index contributed by atoms with van der Waals surface area (Å²) in [4.78, 5) is 3.56. The molecule has 18 heavy (non-hydrogen) atoms. The van der Waals surface area contributed by atoms with E-state index in [4.69, 9.17) is 5.73 Å². The van der Waals surface area contributed by atoms with Crippen molar-refractivity contribution in [1.29, 1.82) is 0 Å². The van der Waals surface area contributed by atoms with Crippen molar-refractivity contribution >= 4 is 48.9 Å². The van der Waals surface area contributed by atoms with Gasteiger partial charge in [-0.1, -0.05) is 22.0 Å². The molecule has 0 saturated carbocycles. The maximum atomic E-state index is 5.66. The first-order valence-electron chi connectivity index (χ1n) is 5.52. The SMILES string of the molecule is CN(Cc1cc(Br)cs1)c1ccc(CN)c(Br)c1. The minimum Gasteiger partial charge on any atom is -0.369 e. The number of hydrogen-bond donors (Lipinski definition) is 1. The summed E-state index contributed by atoms with van der Waals surface area (Å²) in [5.41, 5.74) is 7.97. The summed E-state index contributed by atoms with van der Waals surface area (Å²) in [6.07, 6.45) is 0. The molecule has 1 heterocycles. The van der Waals surface area contributed by atoms with E-state index in [1.54, 1.807) is 11.3 Å². The van der Waals surface area contributed by atoms with Gasteiger partial charge in [0.1, 0.15) is 0 Å². The molecule has 0 radical (unpaired) electrons. The third-order valence-corrected chi connectivity index (χ3v) is 5.13. The van der Waals surface area contributed by atoms with Crippen LogP contribution in [-0.2, 0) is 13.1 Å². The van der Waals surface area contributed by atoms with Gasteiger partial charge in [0.05, 0.1) is 6.54 Å². The highest BCUT2D eigenvalue weighted by Crippen LogP contribution is 2.26. The highest BCUT2D eigenvalue weighted by Gasteiger charge is 2.06. The summed E-state index contributed by atoms with van der Waals surface area (Å²) in [6, 6.07) is 8.45. The number of benzene rings is 1. The molecule has 2 rings (SSSR count). The van der Waals surface area contributed by atoms with Crippen molar-refractivity contribution in [3.05, 3.63) is 49.0 Å². The maximum absolute atomic E-state index is 5.66. The first-order chi connectivity index (χ1) is 8.60. The lowest BCUT2D eigenvalue weighted by Crippen LogP contribution is -2.15. The largest absolute Gasteiger partial charge is 0.369 e. The van der Waals surface area contributed by atoms with Crippen LogP contribution in [-0.4, -0.2) is 7.05 Å². The zero-order valence-corrected chi connectivity index (χ0v) is 14.0. The zero-order chi connectivity index (χ0) is 13.1. The molecular weight excluding hydrogens is 376 g/mol. The first-order valence-corrected chi connectivity index (χ1v) is 7.99. The highest BCUT2D eigenvalue weighted by atomic mass is 79.9. The minimum atomic E-state index is 0.558. The van der Waals surface area contributed by atoms with Crippen molar-refractivity contribution in [3.63, 3.8) is 0 Å². The van der Waals surface area contributed by atoms with Crippen LogP contribution in [0.5, 0.6) is 0 Å². The summed E-state index contributed by atoms with van der Waals surface area (Å²) in [6.45, 7) is 1.47. The Bertz CT molecular complexity index is 540.